The quantitative estimate of drug-likeness (QED) is 0.126. The van der Waals surface area contributed by atoms with E-state index in [1.54, 1.807) is 74.4 Å². The molecule has 1 radical (unpaired) electrons. The van der Waals surface area contributed by atoms with Gasteiger partial charge in [0.15, 0.2) is 0 Å². The van der Waals surface area contributed by atoms with Gasteiger partial charge in [-0.25, -0.2) is 0 Å². The van der Waals surface area contributed by atoms with E-state index in [2.05, 4.69) is 80.4 Å². The monoisotopic (exact) mass is 869 g/mol. The zero-order valence-electron chi connectivity index (χ0n) is 35.2. The summed E-state index contributed by atoms with van der Waals surface area (Å²) in [5.74, 6) is 18.8. The standard InChI is InChI=1S/3C18H13N3.Fe/c3*1-14-4-10-20-17(12-14)18-13-16(7-11-21-18)3-2-15-5-8-19-9-6-15;/h3*4-13H,1H3;/q;;;+3. The molecule has 305 valence electrons. The van der Waals surface area contributed by atoms with Crippen molar-refractivity contribution < 1.29 is 17.1 Å². The van der Waals surface area contributed by atoms with E-state index in [1.165, 1.54) is 0 Å². The van der Waals surface area contributed by atoms with Crippen LogP contribution in [0.4, 0.5) is 0 Å². The molecule has 0 saturated carbocycles. The Hall–Kier alpha value is -8.45. The fourth-order valence-corrected chi connectivity index (χ4v) is 5.71. The Kier molecular flexibility index (Phi) is 16.6. The summed E-state index contributed by atoms with van der Waals surface area (Å²) < 4.78 is 0. The molecule has 9 nitrogen and oxygen atoms in total. The largest absolute Gasteiger partial charge is 3.00 e. The van der Waals surface area contributed by atoms with Crippen molar-refractivity contribution in [1.82, 2.24) is 44.9 Å². The fourth-order valence-electron chi connectivity index (χ4n) is 5.71. The number of aromatic nitrogens is 9. The minimum Gasteiger partial charge on any atom is -0.265 e. The fraction of sp³-hybridized carbons (Fsp3) is 0.0556. The molecule has 0 N–H and O–H groups in total. The maximum Gasteiger partial charge on any atom is 3.00 e. The first kappa shape index (κ1) is 45.1. The van der Waals surface area contributed by atoms with Crippen LogP contribution >= 0.6 is 0 Å². The second kappa shape index (κ2) is 23.5. The number of rotatable bonds is 3. The van der Waals surface area contributed by atoms with Crippen LogP contribution in [0.1, 0.15) is 50.1 Å². The molecule has 9 aromatic rings. The first-order valence-corrected chi connectivity index (χ1v) is 19.9. The molecule has 0 saturated heterocycles. The molecule has 0 aliphatic carbocycles. The Labute approximate surface area is 384 Å². The van der Waals surface area contributed by atoms with Crippen molar-refractivity contribution in [3.8, 4) is 69.7 Å². The van der Waals surface area contributed by atoms with Crippen LogP contribution in [0.3, 0.4) is 0 Å². The molecule has 0 fully saturated rings. The van der Waals surface area contributed by atoms with Gasteiger partial charge in [-0.2, -0.15) is 0 Å². The summed E-state index contributed by atoms with van der Waals surface area (Å²) in [7, 11) is 0. The van der Waals surface area contributed by atoms with Gasteiger partial charge in [0, 0.05) is 108 Å². The second-order valence-corrected chi connectivity index (χ2v) is 13.9. The van der Waals surface area contributed by atoms with Gasteiger partial charge in [0.2, 0.25) is 0 Å². The van der Waals surface area contributed by atoms with Gasteiger partial charge in [-0.05, 0) is 147 Å². The number of hydrogen-bond acceptors (Lipinski definition) is 9. The Morgan fingerprint density at radius 3 is 0.703 bits per heavy atom. The summed E-state index contributed by atoms with van der Waals surface area (Å²) in [6.45, 7) is 6.12. The summed E-state index contributed by atoms with van der Waals surface area (Å²) >= 11 is 0. The van der Waals surface area contributed by atoms with Crippen molar-refractivity contribution in [2.24, 2.45) is 0 Å². The second-order valence-electron chi connectivity index (χ2n) is 13.9. The van der Waals surface area contributed by atoms with Crippen molar-refractivity contribution in [1.29, 1.82) is 0 Å². The van der Waals surface area contributed by atoms with Crippen molar-refractivity contribution in [3.05, 3.63) is 234 Å². The van der Waals surface area contributed by atoms with E-state index < -0.39 is 0 Å². The van der Waals surface area contributed by atoms with Crippen LogP contribution in [0.2, 0.25) is 0 Å². The molecule has 0 aromatic carbocycles. The van der Waals surface area contributed by atoms with E-state index in [-0.39, 0.29) is 17.1 Å². The van der Waals surface area contributed by atoms with E-state index in [0.717, 1.165) is 84.2 Å². The van der Waals surface area contributed by atoms with Crippen molar-refractivity contribution >= 4 is 0 Å². The molecule has 0 bridgehead atoms. The normalized spacial score (nSPS) is 9.61. The Balaban J connectivity index is 0.000000158. The van der Waals surface area contributed by atoms with Crippen LogP contribution in [0.15, 0.2) is 184 Å². The summed E-state index contributed by atoms with van der Waals surface area (Å²) in [6, 6.07) is 34.8. The van der Waals surface area contributed by atoms with Crippen molar-refractivity contribution in [2.45, 2.75) is 20.8 Å². The van der Waals surface area contributed by atoms with Gasteiger partial charge < -0.3 is 0 Å². The number of hydrogen-bond donors (Lipinski definition) is 0. The van der Waals surface area contributed by atoms with E-state index >= 15 is 0 Å². The summed E-state index contributed by atoms with van der Waals surface area (Å²) in [6.07, 6.45) is 21.1. The van der Waals surface area contributed by atoms with Crippen LogP contribution in [-0.4, -0.2) is 44.9 Å². The molecule has 10 heteroatoms. The Morgan fingerprint density at radius 1 is 0.250 bits per heavy atom. The van der Waals surface area contributed by atoms with Crippen molar-refractivity contribution in [3.63, 3.8) is 0 Å². The zero-order valence-corrected chi connectivity index (χ0v) is 36.3. The Bertz CT molecular complexity index is 2790. The maximum absolute atomic E-state index is 4.37. The zero-order chi connectivity index (χ0) is 43.5. The third-order valence-electron chi connectivity index (χ3n) is 8.91. The van der Waals surface area contributed by atoms with Crippen LogP contribution in [0, 0.1) is 56.3 Å². The molecular formula is C54H39FeN9+3. The van der Waals surface area contributed by atoms with Gasteiger partial charge in [-0.1, -0.05) is 35.5 Å². The van der Waals surface area contributed by atoms with E-state index in [0.29, 0.717) is 0 Å². The maximum atomic E-state index is 4.37. The molecular weight excluding hydrogens is 831 g/mol. The smallest absolute Gasteiger partial charge is 0.265 e. The van der Waals surface area contributed by atoms with Gasteiger partial charge in [0.05, 0.1) is 34.2 Å². The van der Waals surface area contributed by atoms with E-state index in [9.17, 15) is 0 Å². The van der Waals surface area contributed by atoms with Crippen LogP contribution < -0.4 is 0 Å². The third-order valence-corrected chi connectivity index (χ3v) is 8.91. The molecule has 0 atom stereocenters. The minimum absolute atomic E-state index is 0. The van der Waals surface area contributed by atoms with Gasteiger partial charge in [0.1, 0.15) is 0 Å². The van der Waals surface area contributed by atoms with Crippen LogP contribution in [-0.2, 0) is 17.1 Å². The molecule has 0 aliphatic heterocycles. The average molecular weight is 870 g/mol. The van der Waals surface area contributed by atoms with Crippen LogP contribution in [0.25, 0.3) is 34.2 Å². The average Bonchev–Trinajstić information content (AvgIpc) is 3.34. The molecule has 0 aliphatic rings. The van der Waals surface area contributed by atoms with Gasteiger partial charge in [0.25, 0.3) is 0 Å². The number of nitrogens with zero attached hydrogens (tertiary/aromatic N) is 9. The minimum atomic E-state index is 0. The molecule has 0 unspecified atom stereocenters. The van der Waals surface area contributed by atoms with Crippen LogP contribution in [0.5, 0.6) is 0 Å². The van der Waals surface area contributed by atoms with Gasteiger partial charge in [-0.15, -0.1) is 0 Å². The van der Waals surface area contributed by atoms with Crippen molar-refractivity contribution in [2.75, 3.05) is 0 Å². The van der Waals surface area contributed by atoms with E-state index in [4.69, 9.17) is 0 Å². The third kappa shape index (κ3) is 14.1. The number of aryl methyl sites for hydroxylation is 3. The van der Waals surface area contributed by atoms with Gasteiger partial charge >= 0.3 is 17.1 Å². The molecule has 64 heavy (non-hydrogen) atoms. The summed E-state index contributed by atoms with van der Waals surface area (Å²) in [5.41, 5.74) is 14.2. The first-order valence-electron chi connectivity index (χ1n) is 19.9. The molecule has 0 spiro atoms. The first-order chi connectivity index (χ1) is 30.9. The SMILES string of the molecule is Cc1ccnc(-c2cc(C#Cc3ccncc3)ccn2)c1.Cc1ccnc(-c2cc(C#Cc3ccncc3)ccn2)c1.Cc1ccnc(-c2cc(C#Cc3ccncc3)ccn2)c1.[Fe+3]. The molecule has 0 amide bonds. The molecule has 9 aromatic heterocycles. The van der Waals surface area contributed by atoms with Gasteiger partial charge in [-0.3, -0.25) is 44.9 Å². The molecule has 9 rings (SSSR count). The topological polar surface area (TPSA) is 116 Å². The number of pyridine rings is 9. The van der Waals surface area contributed by atoms with E-state index in [1.807, 2.05) is 130 Å². The Morgan fingerprint density at radius 2 is 0.453 bits per heavy atom. The predicted molar refractivity (Wildman–Crippen MR) is 247 cm³/mol. The summed E-state index contributed by atoms with van der Waals surface area (Å²) in [5, 5.41) is 0. The molecule has 9 heterocycles. The predicted octanol–water partition coefficient (Wildman–Crippen LogP) is 9.74. The summed E-state index contributed by atoms with van der Waals surface area (Å²) in [4.78, 5) is 38.1.